The van der Waals surface area contributed by atoms with Crippen molar-refractivity contribution >= 4 is 21.6 Å². The minimum Gasteiger partial charge on any atom is -0.207 e. The third-order valence-electron chi connectivity index (χ3n) is 4.19. The zero-order chi connectivity index (χ0) is 18.4. The van der Waals surface area contributed by atoms with Gasteiger partial charge in [-0.2, -0.15) is 9.57 Å². The van der Waals surface area contributed by atoms with Crippen molar-refractivity contribution < 1.29 is 8.42 Å². The van der Waals surface area contributed by atoms with E-state index in [0.29, 0.717) is 18.4 Å². The SMILES string of the molecule is CCC(CC)N(Cc1ccc(C#N)cc1)S(=O)(=O)c1ccccc1Cl. The van der Waals surface area contributed by atoms with Crippen molar-refractivity contribution in [2.24, 2.45) is 0 Å². The molecule has 0 spiro atoms. The summed E-state index contributed by atoms with van der Waals surface area (Å²) in [5.41, 5.74) is 1.38. The zero-order valence-corrected chi connectivity index (χ0v) is 15.9. The molecule has 0 fully saturated rings. The van der Waals surface area contributed by atoms with E-state index < -0.39 is 10.0 Å². The third-order valence-corrected chi connectivity index (χ3v) is 6.59. The predicted molar refractivity (Wildman–Crippen MR) is 99.7 cm³/mol. The molecule has 0 bridgehead atoms. The van der Waals surface area contributed by atoms with Gasteiger partial charge in [0.05, 0.1) is 16.7 Å². The summed E-state index contributed by atoms with van der Waals surface area (Å²) in [6.45, 7) is 4.19. The minimum absolute atomic E-state index is 0.122. The Morgan fingerprint density at radius 2 is 1.68 bits per heavy atom. The van der Waals surface area contributed by atoms with Crippen molar-refractivity contribution in [3.8, 4) is 6.07 Å². The molecule has 0 aliphatic carbocycles. The summed E-state index contributed by atoms with van der Waals surface area (Å²) >= 11 is 6.14. The quantitative estimate of drug-likeness (QED) is 0.709. The summed E-state index contributed by atoms with van der Waals surface area (Å²) in [5, 5.41) is 9.13. The molecular weight excluding hydrogens is 356 g/mol. The number of nitrogens with zero attached hydrogens (tertiary/aromatic N) is 2. The van der Waals surface area contributed by atoms with E-state index in [9.17, 15) is 8.42 Å². The molecule has 0 aliphatic rings. The Kier molecular flexibility index (Phi) is 6.60. The molecule has 0 N–H and O–H groups in total. The van der Waals surface area contributed by atoms with Crippen molar-refractivity contribution in [1.82, 2.24) is 4.31 Å². The lowest BCUT2D eigenvalue weighted by Gasteiger charge is -2.30. The molecule has 25 heavy (non-hydrogen) atoms. The average Bonchev–Trinajstić information content (AvgIpc) is 2.62. The summed E-state index contributed by atoms with van der Waals surface area (Å²) in [4.78, 5) is 0.122. The van der Waals surface area contributed by atoms with Gasteiger partial charge < -0.3 is 0 Å². The molecule has 0 aliphatic heterocycles. The monoisotopic (exact) mass is 376 g/mol. The number of nitriles is 1. The summed E-state index contributed by atoms with van der Waals surface area (Å²) in [5.74, 6) is 0. The third kappa shape index (κ3) is 4.40. The predicted octanol–water partition coefficient (Wildman–Crippen LogP) is 4.59. The van der Waals surface area contributed by atoms with Crippen molar-refractivity contribution in [3.05, 3.63) is 64.7 Å². The zero-order valence-electron chi connectivity index (χ0n) is 14.3. The largest absolute Gasteiger partial charge is 0.245 e. The molecule has 0 saturated heterocycles. The van der Waals surface area contributed by atoms with Crippen LogP contribution in [0.2, 0.25) is 5.02 Å². The van der Waals surface area contributed by atoms with Gasteiger partial charge in [-0.05, 0) is 42.7 Å². The van der Waals surface area contributed by atoms with Crippen LogP contribution in [0.25, 0.3) is 0 Å². The van der Waals surface area contributed by atoms with Crippen LogP contribution in [0.3, 0.4) is 0 Å². The Labute approximate surface area is 154 Å². The van der Waals surface area contributed by atoms with Crippen LogP contribution in [0.15, 0.2) is 53.4 Å². The first-order valence-electron chi connectivity index (χ1n) is 8.19. The highest BCUT2D eigenvalue weighted by molar-refractivity contribution is 7.89. The Morgan fingerprint density at radius 1 is 1.08 bits per heavy atom. The summed E-state index contributed by atoms with van der Waals surface area (Å²) < 4.78 is 28.0. The molecule has 132 valence electrons. The molecule has 2 aromatic carbocycles. The van der Waals surface area contributed by atoms with Crippen molar-refractivity contribution in [1.29, 1.82) is 5.26 Å². The van der Waals surface area contributed by atoms with Crippen LogP contribution < -0.4 is 0 Å². The van der Waals surface area contributed by atoms with Crippen LogP contribution >= 0.6 is 11.6 Å². The van der Waals surface area contributed by atoms with Crippen LogP contribution in [0.5, 0.6) is 0 Å². The Bertz CT molecular complexity index is 854. The van der Waals surface area contributed by atoms with E-state index in [4.69, 9.17) is 16.9 Å². The second-order valence-corrected chi connectivity index (χ2v) is 8.03. The fraction of sp³-hybridized carbons (Fsp3) is 0.316. The normalized spacial score (nSPS) is 11.7. The Morgan fingerprint density at radius 3 is 2.20 bits per heavy atom. The number of rotatable bonds is 7. The molecular formula is C19H21ClN2O2S. The standard InChI is InChI=1S/C19H21ClN2O2S/c1-3-17(4-2)22(14-16-11-9-15(13-21)10-12-16)25(23,24)19-8-6-5-7-18(19)20/h5-12,17H,3-4,14H2,1-2H3. The molecule has 6 heteroatoms. The Hall–Kier alpha value is -1.87. The maximum Gasteiger partial charge on any atom is 0.245 e. The van der Waals surface area contributed by atoms with Crippen LogP contribution in [0.4, 0.5) is 0 Å². The highest BCUT2D eigenvalue weighted by Gasteiger charge is 2.31. The van der Waals surface area contributed by atoms with Crippen LogP contribution in [-0.2, 0) is 16.6 Å². The number of sulfonamides is 1. The molecule has 0 saturated carbocycles. The molecule has 0 aromatic heterocycles. The van der Waals surface area contributed by atoms with E-state index >= 15 is 0 Å². The van der Waals surface area contributed by atoms with Gasteiger partial charge in [0.2, 0.25) is 10.0 Å². The first kappa shape index (κ1) is 19.5. The summed E-state index contributed by atoms with van der Waals surface area (Å²) in [7, 11) is -3.73. The van der Waals surface area contributed by atoms with E-state index in [1.807, 2.05) is 13.8 Å². The van der Waals surface area contributed by atoms with Gasteiger partial charge in [0.1, 0.15) is 4.90 Å². The van der Waals surface area contributed by atoms with Gasteiger partial charge >= 0.3 is 0 Å². The molecule has 0 radical (unpaired) electrons. The number of hydrogen-bond acceptors (Lipinski definition) is 3. The van der Waals surface area contributed by atoms with Gasteiger partial charge in [-0.15, -0.1) is 0 Å². The van der Waals surface area contributed by atoms with Crippen molar-refractivity contribution in [3.63, 3.8) is 0 Å². The Balaban J connectivity index is 2.45. The van der Waals surface area contributed by atoms with Gasteiger partial charge in [-0.3, -0.25) is 0 Å². The minimum atomic E-state index is -3.73. The van der Waals surface area contributed by atoms with Crippen molar-refractivity contribution in [2.75, 3.05) is 0 Å². The lowest BCUT2D eigenvalue weighted by molar-refractivity contribution is 0.297. The first-order chi connectivity index (χ1) is 11.9. The lowest BCUT2D eigenvalue weighted by atomic mass is 10.1. The van der Waals surface area contributed by atoms with E-state index in [1.54, 1.807) is 42.5 Å². The smallest absolute Gasteiger partial charge is 0.207 e. The summed E-state index contributed by atoms with van der Waals surface area (Å²) in [6, 6.07) is 15.4. The maximum absolute atomic E-state index is 13.2. The highest BCUT2D eigenvalue weighted by atomic mass is 35.5. The fourth-order valence-corrected chi connectivity index (χ4v) is 5.01. The van der Waals surface area contributed by atoms with Crippen LogP contribution in [-0.4, -0.2) is 18.8 Å². The lowest BCUT2D eigenvalue weighted by Crippen LogP contribution is -2.39. The topological polar surface area (TPSA) is 61.2 Å². The number of hydrogen-bond donors (Lipinski definition) is 0. The van der Waals surface area contributed by atoms with E-state index in [-0.39, 0.29) is 22.5 Å². The number of benzene rings is 2. The van der Waals surface area contributed by atoms with E-state index in [0.717, 1.165) is 5.56 Å². The van der Waals surface area contributed by atoms with Gasteiger partial charge in [-0.1, -0.05) is 49.7 Å². The van der Waals surface area contributed by atoms with Gasteiger partial charge in [-0.25, -0.2) is 8.42 Å². The molecule has 0 unspecified atom stereocenters. The van der Waals surface area contributed by atoms with Gasteiger partial charge in [0.25, 0.3) is 0 Å². The fourth-order valence-electron chi connectivity index (χ4n) is 2.75. The highest BCUT2D eigenvalue weighted by Crippen LogP contribution is 2.28. The molecule has 0 atom stereocenters. The van der Waals surface area contributed by atoms with Crippen LogP contribution in [0.1, 0.15) is 37.8 Å². The van der Waals surface area contributed by atoms with Gasteiger partial charge in [0.15, 0.2) is 0 Å². The molecule has 2 rings (SSSR count). The number of halogens is 1. The summed E-state index contributed by atoms with van der Waals surface area (Å²) in [6.07, 6.45) is 1.41. The van der Waals surface area contributed by atoms with Crippen LogP contribution in [0, 0.1) is 11.3 Å². The van der Waals surface area contributed by atoms with E-state index in [2.05, 4.69) is 6.07 Å². The van der Waals surface area contributed by atoms with Gasteiger partial charge in [0, 0.05) is 12.6 Å². The second kappa shape index (κ2) is 8.48. The average molecular weight is 377 g/mol. The van der Waals surface area contributed by atoms with E-state index in [1.165, 1.54) is 10.4 Å². The first-order valence-corrected chi connectivity index (χ1v) is 10.0. The van der Waals surface area contributed by atoms with Crippen molar-refractivity contribution in [2.45, 2.75) is 44.2 Å². The molecule has 4 nitrogen and oxygen atoms in total. The molecule has 0 amide bonds. The second-order valence-electron chi connectivity index (χ2n) is 5.76. The molecule has 0 heterocycles. The molecule has 2 aromatic rings. The maximum atomic E-state index is 13.2.